The first-order valence-electron chi connectivity index (χ1n) is 5.59. The zero-order chi connectivity index (χ0) is 13.1. The molecule has 0 saturated heterocycles. The molecule has 0 spiro atoms. The topological polar surface area (TPSA) is 42.7 Å². The van der Waals surface area contributed by atoms with Gasteiger partial charge in [0.1, 0.15) is 23.8 Å². The lowest BCUT2D eigenvalue weighted by molar-refractivity contribution is 0.508. The minimum Gasteiger partial charge on any atom is -0.319 e. The second-order valence-corrected chi connectivity index (χ2v) is 4.14. The first-order chi connectivity index (χ1) is 8.58. The van der Waals surface area contributed by atoms with Crippen LogP contribution in [0.15, 0.2) is 24.5 Å². The highest BCUT2D eigenvalue weighted by Gasteiger charge is 2.11. The van der Waals surface area contributed by atoms with Crippen molar-refractivity contribution in [2.45, 2.75) is 19.5 Å². The van der Waals surface area contributed by atoms with Crippen LogP contribution in [-0.4, -0.2) is 14.8 Å². The summed E-state index contributed by atoms with van der Waals surface area (Å²) in [6, 6.07) is 3.49. The van der Waals surface area contributed by atoms with Gasteiger partial charge in [0.25, 0.3) is 0 Å². The molecule has 1 unspecified atom stereocenters. The van der Waals surface area contributed by atoms with E-state index < -0.39 is 11.6 Å². The van der Waals surface area contributed by atoms with Gasteiger partial charge in [0.2, 0.25) is 0 Å². The Bertz CT molecular complexity index is 539. The molecule has 96 valence electrons. The summed E-state index contributed by atoms with van der Waals surface area (Å²) >= 11 is 0. The van der Waals surface area contributed by atoms with Crippen molar-refractivity contribution in [2.24, 2.45) is 7.05 Å². The lowest BCUT2D eigenvalue weighted by Gasteiger charge is -2.13. The monoisotopic (exact) mass is 252 g/mol. The Hall–Kier alpha value is -1.82. The van der Waals surface area contributed by atoms with Gasteiger partial charge < -0.3 is 9.88 Å². The normalized spacial score (nSPS) is 12.7. The number of benzene rings is 1. The molecule has 0 radical (unpaired) electrons. The lowest BCUT2D eigenvalue weighted by atomic mass is 10.2. The molecule has 1 aromatic heterocycles. The van der Waals surface area contributed by atoms with Crippen LogP contribution < -0.4 is 5.32 Å². The number of aromatic nitrogens is 3. The molecule has 18 heavy (non-hydrogen) atoms. The van der Waals surface area contributed by atoms with E-state index in [-0.39, 0.29) is 6.04 Å². The third kappa shape index (κ3) is 2.70. The molecule has 0 amide bonds. The molecule has 0 bridgehead atoms. The van der Waals surface area contributed by atoms with Crippen LogP contribution in [0.1, 0.15) is 24.4 Å². The fourth-order valence-corrected chi connectivity index (χ4v) is 1.70. The summed E-state index contributed by atoms with van der Waals surface area (Å²) in [5.74, 6) is -0.359. The van der Waals surface area contributed by atoms with E-state index in [9.17, 15) is 8.78 Å². The average Bonchev–Trinajstić information content (AvgIpc) is 2.74. The van der Waals surface area contributed by atoms with Crippen molar-refractivity contribution in [1.82, 2.24) is 20.1 Å². The number of hydrogen-bond acceptors (Lipinski definition) is 3. The molecule has 4 nitrogen and oxygen atoms in total. The maximum atomic E-state index is 13.4. The Kier molecular flexibility index (Phi) is 3.66. The van der Waals surface area contributed by atoms with Gasteiger partial charge in [-0.2, -0.15) is 0 Å². The third-order valence-corrected chi connectivity index (χ3v) is 2.75. The second kappa shape index (κ2) is 5.22. The fourth-order valence-electron chi connectivity index (χ4n) is 1.70. The Morgan fingerprint density at radius 3 is 2.78 bits per heavy atom. The zero-order valence-electron chi connectivity index (χ0n) is 10.2. The fraction of sp³-hybridized carbons (Fsp3) is 0.333. The first kappa shape index (κ1) is 12.6. The second-order valence-electron chi connectivity index (χ2n) is 4.14. The maximum absolute atomic E-state index is 13.4. The summed E-state index contributed by atoms with van der Waals surface area (Å²) in [5.41, 5.74) is 0.422. The van der Waals surface area contributed by atoms with E-state index in [1.165, 1.54) is 12.1 Å². The molecule has 1 heterocycles. The van der Waals surface area contributed by atoms with Crippen LogP contribution in [0, 0.1) is 11.6 Å². The van der Waals surface area contributed by atoms with Crippen LogP contribution in [0.25, 0.3) is 0 Å². The highest BCUT2D eigenvalue weighted by molar-refractivity contribution is 5.18. The van der Waals surface area contributed by atoms with Gasteiger partial charge in [0.05, 0.1) is 6.04 Å². The average molecular weight is 252 g/mol. The smallest absolute Gasteiger partial charge is 0.149 e. The largest absolute Gasteiger partial charge is 0.319 e. The Labute approximate surface area is 104 Å². The van der Waals surface area contributed by atoms with Crippen LogP contribution >= 0.6 is 0 Å². The van der Waals surface area contributed by atoms with E-state index in [0.717, 1.165) is 11.9 Å². The van der Waals surface area contributed by atoms with Gasteiger partial charge in [-0.1, -0.05) is 6.07 Å². The first-order valence-corrected chi connectivity index (χ1v) is 5.59. The molecule has 0 aliphatic heterocycles. The summed E-state index contributed by atoms with van der Waals surface area (Å²) in [5, 5.41) is 10.9. The van der Waals surface area contributed by atoms with Gasteiger partial charge in [-0.15, -0.1) is 10.2 Å². The summed E-state index contributed by atoms with van der Waals surface area (Å²) in [7, 11) is 1.84. The molecular formula is C12H14F2N4. The van der Waals surface area contributed by atoms with Crippen molar-refractivity contribution >= 4 is 0 Å². The van der Waals surface area contributed by atoms with Gasteiger partial charge >= 0.3 is 0 Å². The molecule has 1 N–H and O–H groups in total. The van der Waals surface area contributed by atoms with Crippen LogP contribution in [-0.2, 0) is 13.6 Å². The van der Waals surface area contributed by atoms with Crippen molar-refractivity contribution in [1.29, 1.82) is 0 Å². The van der Waals surface area contributed by atoms with Crippen molar-refractivity contribution < 1.29 is 8.78 Å². The van der Waals surface area contributed by atoms with Crippen molar-refractivity contribution in [3.63, 3.8) is 0 Å². The highest BCUT2D eigenvalue weighted by atomic mass is 19.1. The van der Waals surface area contributed by atoms with Gasteiger partial charge in [-0.05, 0) is 13.0 Å². The number of nitrogens with zero attached hydrogens (tertiary/aromatic N) is 3. The molecule has 6 heteroatoms. The molecule has 0 fully saturated rings. The Balaban J connectivity index is 2.01. The molecule has 2 rings (SSSR count). The van der Waals surface area contributed by atoms with Gasteiger partial charge in [0, 0.05) is 25.2 Å². The van der Waals surface area contributed by atoms with Crippen molar-refractivity contribution in [3.8, 4) is 0 Å². The number of halogens is 2. The summed E-state index contributed by atoms with van der Waals surface area (Å²) in [4.78, 5) is 0. The van der Waals surface area contributed by atoms with E-state index in [0.29, 0.717) is 12.1 Å². The molecule has 0 saturated carbocycles. The molecule has 1 aromatic carbocycles. The summed E-state index contributed by atoms with van der Waals surface area (Å²) in [6.07, 6.45) is 1.60. The van der Waals surface area contributed by atoms with E-state index in [4.69, 9.17) is 0 Å². The third-order valence-electron chi connectivity index (χ3n) is 2.75. The predicted molar refractivity (Wildman–Crippen MR) is 62.6 cm³/mol. The minimum atomic E-state index is -0.572. The standard InChI is InChI=1S/C12H14F2N4/c1-8(12-17-16-7-18(12)2)15-6-9-3-4-10(13)5-11(9)14/h3-5,7-8,15H,6H2,1-2H3. The molecule has 1 atom stereocenters. The van der Waals surface area contributed by atoms with Gasteiger partial charge in [-0.3, -0.25) is 0 Å². The summed E-state index contributed by atoms with van der Waals surface area (Å²) in [6.45, 7) is 2.21. The molecule has 0 aliphatic carbocycles. The number of nitrogens with one attached hydrogen (secondary N) is 1. The minimum absolute atomic E-state index is 0.0676. The van der Waals surface area contributed by atoms with Gasteiger partial charge in [-0.25, -0.2) is 8.78 Å². The number of rotatable bonds is 4. The van der Waals surface area contributed by atoms with Crippen LogP contribution in [0.2, 0.25) is 0 Å². The van der Waals surface area contributed by atoms with Crippen LogP contribution in [0.5, 0.6) is 0 Å². The Morgan fingerprint density at radius 1 is 1.39 bits per heavy atom. The molecule has 0 aliphatic rings. The quantitative estimate of drug-likeness (QED) is 0.904. The lowest BCUT2D eigenvalue weighted by Crippen LogP contribution is -2.21. The van der Waals surface area contributed by atoms with Crippen molar-refractivity contribution in [3.05, 3.63) is 47.5 Å². The predicted octanol–water partition coefficient (Wildman–Crippen LogP) is 1.94. The maximum Gasteiger partial charge on any atom is 0.149 e. The summed E-state index contributed by atoms with van der Waals surface area (Å²) < 4.78 is 27.9. The molecular weight excluding hydrogens is 238 g/mol. The van der Waals surface area contributed by atoms with Gasteiger partial charge in [0.15, 0.2) is 0 Å². The molecule has 2 aromatic rings. The number of hydrogen-bond donors (Lipinski definition) is 1. The zero-order valence-corrected chi connectivity index (χ0v) is 10.2. The SMILES string of the molecule is CC(NCc1ccc(F)cc1F)c1nncn1C. The van der Waals surface area contributed by atoms with E-state index in [1.807, 2.05) is 14.0 Å². The van der Waals surface area contributed by atoms with E-state index >= 15 is 0 Å². The highest BCUT2D eigenvalue weighted by Crippen LogP contribution is 2.12. The van der Waals surface area contributed by atoms with E-state index in [1.54, 1.807) is 10.9 Å². The van der Waals surface area contributed by atoms with Crippen LogP contribution in [0.4, 0.5) is 8.78 Å². The van der Waals surface area contributed by atoms with E-state index in [2.05, 4.69) is 15.5 Å². The van der Waals surface area contributed by atoms with Crippen molar-refractivity contribution in [2.75, 3.05) is 0 Å². The Morgan fingerprint density at radius 2 is 2.17 bits per heavy atom. The number of aryl methyl sites for hydroxylation is 1. The van der Waals surface area contributed by atoms with Crippen LogP contribution in [0.3, 0.4) is 0 Å².